The van der Waals surface area contributed by atoms with Gasteiger partial charge in [0.25, 0.3) is 0 Å². The molecule has 2 heteroatoms. The molecule has 0 aromatic carbocycles. The second-order valence-electron chi connectivity index (χ2n) is 3.71. The van der Waals surface area contributed by atoms with Crippen LogP contribution >= 0.6 is 11.8 Å². The fourth-order valence-electron chi connectivity index (χ4n) is 1.78. The van der Waals surface area contributed by atoms with E-state index in [0.717, 1.165) is 31.6 Å². The first-order valence-electron chi connectivity index (χ1n) is 4.55. The number of rotatable bonds is 3. The lowest BCUT2D eigenvalue weighted by Crippen LogP contribution is -2.32. The van der Waals surface area contributed by atoms with E-state index in [1.807, 2.05) is 11.8 Å². The van der Waals surface area contributed by atoms with Gasteiger partial charge in [0.2, 0.25) is 0 Å². The van der Waals surface area contributed by atoms with Crippen molar-refractivity contribution in [3.05, 3.63) is 12.7 Å². The van der Waals surface area contributed by atoms with Gasteiger partial charge in [0.1, 0.15) is 0 Å². The van der Waals surface area contributed by atoms with Crippen molar-refractivity contribution in [2.75, 3.05) is 12.0 Å². The van der Waals surface area contributed by atoms with Crippen LogP contribution in [0.15, 0.2) is 12.7 Å². The molecule has 0 saturated heterocycles. The van der Waals surface area contributed by atoms with E-state index in [0.29, 0.717) is 0 Å². The third kappa shape index (κ3) is 2.53. The zero-order valence-corrected chi connectivity index (χ0v) is 8.57. The second kappa shape index (κ2) is 4.33. The molecule has 0 spiro atoms. The second-order valence-corrected chi connectivity index (χ2v) is 4.62. The van der Waals surface area contributed by atoms with E-state index in [-0.39, 0.29) is 0 Å². The van der Waals surface area contributed by atoms with Gasteiger partial charge in [0.15, 0.2) is 0 Å². The zero-order chi connectivity index (χ0) is 9.03. The SMILES string of the molecule is C=CC1(O)CCC(CSC)CC1. The highest BCUT2D eigenvalue weighted by atomic mass is 32.2. The standard InChI is InChI=1S/C10H18OS/c1-3-10(11)6-4-9(5-7-10)8-12-2/h3,9,11H,1,4-8H2,2H3. The molecule has 12 heavy (non-hydrogen) atoms. The van der Waals surface area contributed by atoms with Crippen LogP contribution in [-0.4, -0.2) is 22.7 Å². The fraction of sp³-hybridized carbons (Fsp3) is 0.800. The minimum Gasteiger partial charge on any atom is -0.386 e. The summed E-state index contributed by atoms with van der Waals surface area (Å²) in [4.78, 5) is 0. The minimum atomic E-state index is -0.547. The predicted octanol–water partition coefficient (Wildman–Crippen LogP) is 2.46. The molecule has 1 aliphatic rings. The van der Waals surface area contributed by atoms with Crippen molar-refractivity contribution in [1.82, 2.24) is 0 Å². The van der Waals surface area contributed by atoms with Crippen LogP contribution in [0.3, 0.4) is 0 Å². The Kier molecular flexibility index (Phi) is 3.66. The Morgan fingerprint density at radius 2 is 2.17 bits per heavy atom. The molecule has 1 N–H and O–H groups in total. The van der Waals surface area contributed by atoms with Crippen LogP contribution in [0.4, 0.5) is 0 Å². The molecule has 0 aliphatic heterocycles. The van der Waals surface area contributed by atoms with Crippen molar-refractivity contribution in [1.29, 1.82) is 0 Å². The van der Waals surface area contributed by atoms with Gasteiger partial charge in [-0.3, -0.25) is 0 Å². The summed E-state index contributed by atoms with van der Waals surface area (Å²) in [5.74, 6) is 2.06. The smallest absolute Gasteiger partial charge is 0.0825 e. The molecular formula is C10H18OS. The lowest BCUT2D eigenvalue weighted by Gasteiger charge is -2.33. The highest BCUT2D eigenvalue weighted by Crippen LogP contribution is 2.33. The topological polar surface area (TPSA) is 20.2 Å². The van der Waals surface area contributed by atoms with E-state index >= 15 is 0 Å². The first kappa shape index (κ1) is 10.1. The Morgan fingerprint density at radius 1 is 1.58 bits per heavy atom. The zero-order valence-electron chi connectivity index (χ0n) is 7.75. The molecule has 70 valence electrons. The Bertz CT molecular complexity index is 148. The summed E-state index contributed by atoms with van der Waals surface area (Å²) in [6, 6.07) is 0. The van der Waals surface area contributed by atoms with Gasteiger partial charge in [-0.05, 0) is 43.6 Å². The minimum absolute atomic E-state index is 0.547. The van der Waals surface area contributed by atoms with Gasteiger partial charge in [-0.15, -0.1) is 6.58 Å². The van der Waals surface area contributed by atoms with E-state index in [1.165, 1.54) is 5.75 Å². The normalized spacial score (nSPS) is 36.3. The summed E-state index contributed by atoms with van der Waals surface area (Å²) in [5, 5.41) is 9.84. The Labute approximate surface area is 79.2 Å². The van der Waals surface area contributed by atoms with Gasteiger partial charge in [-0.1, -0.05) is 6.08 Å². The Morgan fingerprint density at radius 3 is 2.58 bits per heavy atom. The van der Waals surface area contributed by atoms with Crippen molar-refractivity contribution in [2.45, 2.75) is 31.3 Å². The Hall–Kier alpha value is 0.0500. The van der Waals surface area contributed by atoms with Crippen LogP contribution in [0.1, 0.15) is 25.7 Å². The van der Waals surface area contributed by atoms with E-state index in [9.17, 15) is 5.11 Å². The molecule has 0 heterocycles. The van der Waals surface area contributed by atoms with E-state index in [4.69, 9.17) is 0 Å². The maximum absolute atomic E-state index is 9.84. The molecule has 0 bridgehead atoms. The van der Waals surface area contributed by atoms with Gasteiger partial charge in [0, 0.05) is 0 Å². The van der Waals surface area contributed by atoms with E-state index in [2.05, 4.69) is 12.8 Å². The van der Waals surface area contributed by atoms with Crippen LogP contribution < -0.4 is 0 Å². The molecule has 0 atom stereocenters. The molecule has 0 amide bonds. The maximum atomic E-state index is 9.84. The molecule has 0 aromatic rings. The van der Waals surface area contributed by atoms with Crippen LogP contribution in [0.2, 0.25) is 0 Å². The third-order valence-electron chi connectivity index (χ3n) is 2.75. The summed E-state index contributed by atoms with van der Waals surface area (Å²) >= 11 is 1.91. The lowest BCUT2D eigenvalue weighted by molar-refractivity contribution is 0.0389. The van der Waals surface area contributed by atoms with Crippen molar-refractivity contribution < 1.29 is 5.11 Å². The van der Waals surface area contributed by atoms with Crippen LogP contribution in [0.25, 0.3) is 0 Å². The quantitative estimate of drug-likeness (QED) is 0.683. The van der Waals surface area contributed by atoms with Gasteiger partial charge in [0.05, 0.1) is 5.60 Å². The van der Waals surface area contributed by atoms with E-state index < -0.39 is 5.60 Å². The van der Waals surface area contributed by atoms with Gasteiger partial charge in [-0.2, -0.15) is 11.8 Å². The molecule has 1 rings (SSSR count). The largest absolute Gasteiger partial charge is 0.386 e. The van der Waals surface area contributed by atoms with Gasteiger partial charge >= 0.3 is 0 Å². The van der Waals surface area contributed by atoms with Crippen LogP contribution in [0.5, 0.6) is 0 Å². The molecule has 1 aliphatic carbocycles. The summed E-state index contributed by atoms with van der Waals surface area (Å²) in [6.45, 7) is 3.67. The number of hydrogen-bond donors (Lipinski definition) is 1. The van der Waals surface area contributed by atoms with Gasteiger partial charge < -0.3 is 5.11 Å². The maximum Gasteiger partial charge on any atom is 0.0825 e. The highest BCUT2D eigenvalue weighted by Gasteiger charge is 2.29. The molecule has 0 unspecified atom stereocenters. The average Bonchev–Trinajstić information content (AvgIpc) is 2.10. The number of aliphatic hydroxyl groups is 1. The molecule has 1 saturated carbocycles. The number of hydrogen-bond acceptors (Lipinski definition) is 2. The van der Waals surface area contributed by atoms with Crippen molar-refractivity contribution >= 4 is 11.8 Å². The average molecular weight is 186 g/mol. The highest BCUT2D eigenvalue weighted by molar-refractivity contribution is 7.98. The molecular weight excluding hydrogens is 168 g/mol. The van der Waals surface area contributed by atoms with Crippen LogP contribution in [0, 0.1) is 5.92 Å². The molecule has 0 radical (unpaired) electrons. The third-order valence-corrected chi connectivity index (χ3v) is 3.56. The molecule has 1 nitrogen and oxygen atoms in total. The first-order chi connectivity index (χ1) is 5.70. The van der Waals surface area contributed by atoms with Gasteiger partial charge in [-0.25, -0.2) is 0 Å². The number of thioether (sulfide) groups is 1. The van der Waals surface area contributed by atoms with Crippen molar-refractivity contribution in [3.8, 4) is 0 Å². The molecule has 1 fully saturated rings. The Balaban J connectivity index is 2.33. The fourth-order valence-corrected chi connectivity index (χ4v) is 2.59. The van der Waals surface area contributed by atoms with Crippen molar-refractivity contribution in [2.24, 2.45) is 5.92 Å². The van der Waals surface area contributed by atoms with Crippen LogP contribution in [-0.2, 0) is 0 Å². The van der Waals surface area contributed by atoms with Crippen molar-refractivity contribution in [3.63, 3.8) is 0 Å². The first-order valence-corrected chi connectivity index (χ1v) is 5.94. The summed E-state index contributed by atoms with van der Waals surface area (Å²) < 4.78 is 0. The van der Waals surface area contributed by atoms with E-state index in [1.54, 1.807) is 6.08 Å². The summed E-state index contributed by atoms with van der Waals surface area (Å²) in [6.07, 6.45) is 7.98. The summed E-state index contributed by atoms with van der Waals surface area (Å²) in [7, 11) is 0. The lowest BCUT2D eigenvalue weighted by atomic mass is 9.80. The monoisotopic (exact) mass is 186 g/mol. The predicted molar refractivity (Wildman–Crippen MR) is 55.5 cm³/mol. The molecule has 0 aromatic heterocycles. The summed E-state index contributed by atoms with van der Waals surface area (Å²) in [5.41, 5.74) is -0.547.